The lowest BCUT2D eigenvalue weighted by atomic mass is 10.2. The minimum atomic E-state index is 0.0760. The molecule has 0 spiro atoms. The van der Waals surface area contributed by atoms with Crippen molar-refractivity contribution in [1.29, 1.82) is 0 Å². The van der Waals surface area contributed by atoms with Gasteiger partial charge in [0.1, 0.15) is 0 Å². The van der Waals surface area contributed by atoms with Crippen molar-refractivity contribution in [2.24, 2.45) is 0 Å². The van der Waals surface area contributed by atoms with E-state index in [-0.39, 0.29) is 5.50 Å². The van der Waals surface area contributed by atoms with Gasteiger partial charge < -0.3 is 0 Å². The minimum Gasteiger partial charge on any atom is -0.284 e. The fourth-order valence-corrected chi connectivity index (χ4v) is 1.95. The van der Waals surface area contributed by atoms with E-state index in [4.69, 9.17) is 11.6 Å². The van der Waals surface area contributed by atoms with E-state index in [2.05, 4.69) is 39.9 Å². The fourth-order valence-electron chi connectivity index (χ4n) is 1.33. The molecule has 1 atom stereocenters. The molecule has 14 heavy (non-hydrogen) atoms. The Balaban J connectivity index is 2.72. The van der Waals surface area contributed by atoms with Crippen molar-refractivity contribution in [3.8, 4) is 0 Å². The molecule has 0 radical (unpaired) electrons. The van der Waals surface area contributed by atoms with Gasteiger partial charge in [0.2, 0.25) is 0 Å². The normalized spacial score (nSPS) is 13.2. The van der Waals surface area contributed by atoms with Crippen molar-refractivity contribution in [2.45, 2.75) is 25.9 Å². The fraction of sp³-hybridized carbons (Fsp3) is 0.455. The van der Waals surface area contributed by atoms with Gasteiger partial charge in [0.15, 0.2) is 0 Å². The average molecular weight is 277 g/mol. The molecule has 1 unspecified atom stereocenters. The van der Waals surface area contributed by atoms with E-state index in [1.807, 2.05) is 19.1 Å². The van der Waals surface area contributed by atoms with Crippen molar-refractivity contribution in [3.63, 3.8) is 0 Å². The van der Waals surface area contributed by atoms with Crippen LogP contribution in [-0.2, 0) is 6.54 Å². The number of hydrogen-bond acceptors (Lipinski definition) is 1. The van der Waals surface area contributed by atoms with Crippen molar-refractivity contribution in [3.05, 3.63) is 34.3 Å². The molecule has 3 heteroatoms. The molecule has 0 aliphatic heterocycles. The van der Waals surface area contributed by atoms with Gasteiger partial charge in [-0.1, -0.05) is 41.1 Å². The monoisotopic (exact) mass is 275 g/mol. The van der Waals surface area contributed by atoms with E-state index >= 15 is 0 Å². The van der Waals surface area contributed by atoms with Crippen LogP contribution in [0, 0.1) is 0 Å². The molecule has 0 aliphatic rings. The van der Waals surface area contributed by atoms with E-state index in [0.29, 0.717) is 0 Å². The first-order chi connectivity index (χ1) is 6.65. The number of alkyl halides is 1. The summed E-state index contributed by atoms with van der Waals surface area (Å²) in [5.74, 6) is 0. The van der Waals surface area contributed by atoms with E-state index in [0.717, 1.165) is 17.6 Å². The lowest BCUT2D eigenvalue weighted by Gasteiger charge is -2.23. The zero-order valence-corrected chi connectivity index (χ0v) is 10.8. The molecule has 0 amide bonds. The summed E-state index contributed by atoms with van der Waals surface area (Å²) in [6.07, 6.45) is 0. The van der Waals surface area contributed by atoms with Crippen LogP contribution in [-0.4, -0.2) is 16.9 Å². The largest absolute Gasteiger partial charge is 0.284 e. The third kappa shape index (κ3) is 3.26. The topological polar surface area (TPSA) is 3.24 Å². The number of hydrogen-bond donors (Lipinski definition) is 0. The lowest BCUT2D eigenvalue weighted by Crippen LogP contribution is -2.28. The van der Waals surface area contributed by atoms with Crippen LogP contribution < -0.4 is 0 Å². The molecule has 0 aromatic heterocycles. The summed E-state index contributed by atoms with van der Waals surface area (Å²) in [6.45, 7) is 5.98. The van der Waals surface area contributed by atoms with Gasteiger partial charge in [-0.05, 0) is 25.1 Å². The highest BCUT2D eigenvalue weighted by molar-refractivity contribution is 9.10. The van der Waals surface area contributed by atoms with Crippen LogP contribution in [0.1, 0.15) is 19.4 Å². The molecule has 1 aromatic rings. The Labute approximate surface area is 99.2 Å². The van der Waals surface area contributed by atoms with Gasteiger partial charge in [0.05, 0.1) is 5.50 Å². The Kier molecular flexibility index (Phi) is 4.93. The Morgan fingerprint density at radius 3 is 2.57 bits per heavy atom. The van der Waals surface area contributed by atoms with E-state index in [1.165, 1.54) is 5.56 Å². The molecule has 0 bridgehead atoms. The van der Waals surface area contributed by atoms with Crippen molar-refractivity contribution in [2.75, 3.05) is 6.54 Å². The molecule has 0 N–H and O–H groups in total. The van der Waals surface area contributed by atoms with Gasteiger partial charge in [0, 0.05) is 11.0 Å². The maximum atomic E-state index is 6.06. The predicted molar refractivity (Wildman–Crippen MR) is 65.5 cm³/mol. The molecular weight excluding hydrogens is 261 g/mol. The Hall–Kier alpha value is -0.0500. The predicted octanol–water partition coefficient (Wildman–Crippen LogP) is 3.86. The number of rotatable bonds is 4. The third-order valence-electron chi connectivity index (χ3n) is 2.24. The van der Waals surface area contributed by atoms with Crippen LogP contribution in [0.15, 0.2) is 28.7 Å². The number of nitrogens with zero attached hydrogens (tertiary/aromatic N) is 1. The highest BCUT2D eigenvalue weighted by Gasteiger charge is 2.10. The highest BCUT2D eigenvalue weighted by Crippen LogP contribution is 2.19. The molecule has 0 aliphatic carbocycles. The van der Waals surface area contributed by atoms with Gasteiger partial charge in [0.25, 0.3) is 0 Å². The van der Waals surface area contributed by atoms with Crippen LogP contribution in [0.25, 0.3) is 0 Å². The molecule has 78 valence electrons. The molecule has 0 heterocycles. The summed E-state index contributed by atoms with van der Waals surface area (Å²) in [5, 5.41) is 0. The molecule has 1 rings (SSSR count). The van der Waals surface area contributed by atoms with Gasteiger partial charge in [-0.25, -0.2) is 0 Å². The summed E-state index contributed by atoms with van der Waals surface area (Å²) in [4.78, 5) is 2.21. The summed E-state index contributed by atoms with van der Waals surface area (Å²) < 4.78 is 1.15. The van der Waals surface area contributed by atoms with E-state index in [9.17, 15) is 0 Å². The molecule has 1 aromatic carbocycles. The summed E-state index contributed by atoms with van der Waals surface area (Å²) >= 11 is 9.59. The summed E-state index contributed by atoms with van der Waals surface area (Å²) in [5.41, 5.74) is 1.36. The SMILES string of the molecule is CCN(Cc1ccccc1Br)C(C)Cl. The molecular formula is C11H15BrClN. The number of halogens is 2. The number of benzene rings is 1. The van der Waals surface area contributed by atoms with Gasteiger partial charge in [-0.15, -0.1) is 11.6 Å². The van der Waals surface area contributed by atoms with Crippen molar-refractivity contribution < 1.29 is 0 Å². The van der Waals surface area contributed by atoms with Crippen LogP contribution in [0.4, 0.5) is 0 Å². The first kappa shape index (κ1) is 12.0. The zero-order valence-electron chi connectivity index (χ0n) is 8.50. The zero-order chi connectivity index (χ0) is 10.6. The van der Waals surface area contributed by atoms with E-state index in [1.54, 1.807) is 0 Å². The molecule has 1 nitrogen and oxygen atoms in total. The third-order valence-corrected chi connectivity index (χ3v) is 3.29. The van der Waals surface area contributed by atoms with Crippen LogP contribution in [0.5, 0.6) is 0 Å². The smallest absolute Gasteiger partial charge is 0.0824 e. The minimum absolute atomic E-state index is 0.0760. The second-order valence-electron chi connectivity index (χ2n) is 3.23. The maximum absolute atomic E-state index is 6.06. The lowest BCUT2D eigenvalue weighted by molar-refractivity contribution is 0.267. The van der Waals surface area contributed by atoms with Crippen LogP contribution in [0.2, 0.25) is 0 Å². The van der Waals surface area contributed by atoms with Crippen molar-refractivity contribution >= 4 is 27.5 Å². The standard InChI is InChI=1S/C11H15BrClN/c1-3-14(9(2)13)8-10-6-4-5-7-11(10)12/h4-7,9H,3,8H2,1-2H3. The second kappa shape index (κ2) is 5.74. The Morgan fingerprint density at radius 1 is 1.43 bits per heavy atom. The average Bonchev–Trinajstić information content (AvgIpc) is 2.16. The highest BCUT2D eigenvalue weighted by atomic mass is 79.9. The Morgan fingerprint density at radius 2 is 2.07 bits per heavy atom. The van der Waals surface area contributed by atoms with Crippen LogP contribution >= 0.6 is 27.5 Å². The van der Waals surface area contributed by atoms with Gasteiger partial charge in [-0.3, -0.25) is 4.90 Å². The maximum Gasteiger partial charge on any atom is 0.0824 e. The molecule has 0 saturated heterocycles. The molecule has 0 saturated carbocycles. The van der Waals surface area contributed by atoms with Crippen molar-refractivity contribution in [1.82, 2.24) is 4.90 Å². The summed E-state index contributed by atoms with van der Waals surface area (Å²) in [7, 11) is 0. The Bertz CT molecular complexity index is 288. The van der Waals surface area contributed by atoms with Crippen LogP contribution in [0.3, 0.4) is 0 Å². The van der Waals surface area contributed by atoms with E-state index < -0.39 is 0 Å². The first-order valence-electron chi connectivity index (χ1n) is 4.76. The summed E-state index contributed by atoms with van der Waals surface area (Å²) in [6, 6.07) is 8.24. The molecule has 0 fully saturated rings. The second-order valence-corrected chi connectivity index (χ2v) is 4.71. The first-order valence-corrected chi connectivity index (χ1v) is 5.99. The van der Waals surface area contributed by atoms with Gasteiger partial charge in [-0.2, -0.15) is 0 Å². The quantitative estimate of drug-likeness (QED) is 0.596. The van der Waals surface area contributed by atoms with Gasteiger partial charge >= 0.3 is 0 Å².